The Balaban J connectivity index is 0.00000480. The zero-order valence-electron chi connectivity index (χ0n) is 20.1. The van der Waals surface area contributed by atoms with E-state index in [1.165, 1.54) is 5.56 Å². The van der Waals surface area contributed by atoms with Gasteiger partial charge in [-0.15, -0.1) is 24.0 Å². The Hall–Kier alpha value is -1.10. The van der Waals surface area contributed by atoms with Gasteiger partial charge in [-0.3, -0.25) is 14.8 Å². The van der Waals surface area contributed by atoms with Crippen molar-refractivity contribution in [2.45, 2.75) is 39.3 Å². The predicted octanol–water partition coefficient (Wildman–Crippen LogP) is 2.97. The largest absolute Gasteiger partial charge is 0.497 e. The fourth-order valence-electron chi connectivity index (χ4n) is 3.97. The first-order valence-corrected chi connectivity index (χ1v) is 11.1. The maximum Gasteiger partial charge on any atom is 0.191 e. The van der Waals surface area contributed by atoms with Gasteiger partial charge in [0, 0.05) is 38.8 Å². The van der Waals surface area contributed by atoms with E-state index in [9.17, 15) is 0 Å². The third-order valence-corrected chi connectivity index (χ3v) is 5.97. The lowest BCUT2D eigenvalue weighted by Gasteiger charge is -2.41. The number of halogens is 1. The highest BCUT2D eigenvalue weighted by Gasteiger charge is 2.28. The normalized spacial score (nSPS) is 16.5. The van der Waals surface area contributed by atoms with Crippen molar-refractivity contribution < 1.29 is 9.47 Å². The Morgan fingerprint density at radius 2 is 1.90 bits per heavy atom. The van der Waals surface area contributed by atoms with Crippen molar-refractivity contribution >= 4 is 29.9 Å². The van der Waals surface area contributed by atoms with Crippen molar-refractivity contribution in [2.24, 2.45) is 4.99 Å². The van der Waals surface area contributed by atoms with Crippen molar-refractivity contribution in [3.05, 3.63) is 29.8 Å². The Morgan fingerprint density at radius 3 is 2.48 bits per heavy atom. The number of guanidine groups is 1. The van der Waals surface area contributed by atoms with Crippen LogP contribution in [0.3, 0.4) is 0 Å². The number of methoxy groups -OCH3 is 1. The minimum Gasteiger partial charge on any atom is -0.497 e. The second kappa shape index (κ2) is 14.1. The number of morpholine rings is 1. The number of benzene rings is 1. The molecule has 0 saturated carbocycles. The van der Waals surface area contributed by atoms with Crippen LogP contribution in [0.2, 0.25) is 0 Å². The number of aliphatic imine (C=N–C) groups is 1. The molecule has 0 aromatic heterocycles. The second-order valence-corrected chi connectivity index (χ2v) is 8.23. The van der Waals surface area contributed by atoms with E-state index >= 15 is 0 Å². The van der Waals surface area contributed by atoms with Gasteiger partial charge >= 0.3 is 0 Å². The van der Waals surface area contributed by atoms with Crippen LogP contribution in [0.25, 0.3) is 0 Å². The quantitative estimate of drug-likeness (QED) is 0.267. The van der Waals surface area contributed by atoms with Crippen LogP contribution in [-0.4, -0.2) is 87.9 Å². The van der Waals surface area contributed by atoms with Crippen molar-refractivity contribution in [3.8, 4) is 5.75 Å². The van der Waals surface area contributed by atoms with Crippen LogP contribution in [0.5, 0.6) is 5.75 Å². The summed E-state index contributed by atoms with van der Waals surface area (Å²) in [6.07, 6.45) is 0. The monoisotopic (exact) mass is 547 g/mol. The lowest BCUT2D eigenvalue weighted by molar-refractivity contribution is -0.00834. The van der Waals surface area contributed by atoms with Crippen LogP contribution >= 0.6 is 24.0 Å². The fraction of sp³-hybridized carbons (Fsp3) is 0.696. The van der Waals surface area contributed by atoms with Crippen LogP contribution in [0.15, 0.2) is 29.3 Å². The van der Waals surface area contributed by atoms with E-state index in [1.807, 2.05) is 13.1 Å². The zero-order valence-corrected chi connectivity index (χ0v) is 22.4. The molecule has 7 nitrogen and oxygen atoms in total. The highest BCUT2D eigenvalue weighted by atomic mass is 127. The van der Waals surface area contributed by atoms with E-state index in [2.05, 4.69) is 71.3 Å². The van der Waals surface area contributed by atoms with Crippen LogP contribution < -0.4 is 15.4 Å². The molecule has 1 aliphatic rings. The lowest BCUT2D eigenvalue weighted by atomic mass is 10.0. The van der Waals surface area contributed by atoms with Gasteiger partial charge in [-0.1, -0.05) is 26.0 Å². The molecular formula is C23H42IN5O2. The van der Waals surface area contributed by atoms with E-state index in [0.29, 0.717) is 0 Å². The first-order chi connectivity index (χ1) is 14.4. The molecule has 1 fully saturated rings. The molecule has 0 spiro atoms. The van der Waals surface area contributed by atoms with E-state index < -0.39 is 0 Å². The number of rotatable bonds is 10. The summed E-state index contributed by atoms with van der Waals surface area (Å²) in [4.78, 5) is 9.38. The highest BCUT2D eigenvalue weighted by molar-refractivity contribution is 14.0. The zero-order chi connectivity index (χ0) is 22.0. The number of likely N-dealkylation sites (N-methyl/N-ethyl adjacent to an activating group) is 1. The summed E-state index contributed by atoms with van der Waals surface area (Å²) >= 11 is 0. The Kier molecular flexibility index (Phi) is 12.7. The molecule has 2 N–H and O–H groups in total. The summed E-state index contributed by atoms with van der Waals surface area (Å²) in [5.74, 6) is 1.72. The number of ether oxygens (including phenoxy) is 2. The molecule has 1 aromatic carbocycles. The maximum atomic E-state index is 5.50. The molecule has 0 amide bonds. The summed E-state index contributed by atoms with van der Waals surface area (Å²) in [5, 5.41) is 7.07. The van der Waals surface area contributed by atoms with Gasteiger partial charge < -0.3 is 20.1 Å². The maximum absolute atomic E-state index is 5.50. The van der Waals surface area contributed by atoms with Gasteiger partial charge in [0.1, 0.15) is 5.75 Å². The Morgan fingerprint density at radius 1 is 1.23 bits per heavy atom. The second-order valence-electron chi connectivity index (χ2n) is 8.23. The van der Waals surface area contributed by atoms with E-state index in [4.69, 9.17) is 9.47 Å². The van der Waals surface area contributed by atoms with Crippen LogP contribution in [0.1, 0.15) is 39.3 Å². The van der Waals surface area contributed by atoms with Gasteiger partial charge in [-0.25, -0.2) is 0 Å². The average molecular weight is 548 g/mol. The number of nitrogens with one attached hydrogen (secondary N) is 2. The molecule has 0 bridgehead atoms. The third kappa shape index (κ3) is 8.40. The molecule has 1 aliphatic heterocycles. The standard InChI is InChI=1S/C23H41N5O2.HI/c1-7-27(8-2)21(19-10-9-11-20(16-19)29-6)17-25-22(24-5)26-18-23(3,4)28-12-14-30-15-13-28;/h9-11,16,21H,7-8,12-15,17-18H2,1-6H3,(H2,24,25,26);1H. The molecule has 8 heteroatoms. The van der Waals surface area contributed by atoms with Crippen LogP contribution in [0.4, 0.5) is 0 Å². The molecule has 0 radical (unpaired) electrons. The molecular weight excluding hydrogens is 505 g/mol. The Labute approximate surface area is 206 Å². The van der Waals surface area contributed by atoms with Gasteiger partial charge in [0.2, 0.25) is 0 Å². The van der Waals surface area contributed by atoms with Gasteiger partial charge in [0.05, 0.1) is 26.4 Å². The molecule has 1 heterocycles. The van der Waals surface area contributed by atoms with E-state index in [-0.39, 0.29) is 35.6 Å². The lowest BCUT2D eigenvalue weighted by Crippen LogP contribution is -2.56. The van der Waals surface area contributed by atoms with Crippen molar-refractivity contribution in [3.63, 3.8) is 0 Å². The molecule has 2 rings (SSSR count). The minimum absolute atomic E-state index is 0. The minimum atomic E-state index is 0. The predicted molar refractivity (Wildman–Crippen MR) is 140 cm³/mol. The number of hydrogen-bond donors (Lipinski definition) is 2. The molecule has 1 unspecified atom stereocenters. The van der Waals surface area contributed by atoms with Gasteiger partial charge in [0.25, 0.3) is 0 Å². The summed E-state index contributed by atoms with van der Waals surface area (Å²) in [5.41, 5.74) is 1.28. The highest BCUT2D eigenvalue weighted by Crippen LogP contribution is 2.24. The number of nitrogens with zero attached hydrogens (tertiary/aromatic N) is 3. The molecule has 0 aliphatic carbocycles. The summed E-state index contributed by atoms with van der Waals surface area (Å²) in [6.45, 7) is 16.1. The van der Waals surface area contributed by atoms with E-state index in [1.54, 1.807) is 7.11 Å². The van der Waals surface area contributed by atoms with Gasteiger partial charge in [-0.05, 0) is 44.6 Å². The molecule has 1 atom stereocenters. The summed E-state index contributed by atoms with van der Waals surface area (Å²) in [6, 6.07) is 8.58. The van der Waals surface area contributed by atoms with Crippen LogP contribution in [-0.2, 0) is 4.74 Å². The van der Waals surface area contributed by atoms with Crippen molar-refractivity contribution in [1.82, 2.24) is 20.4 Å². The van der Waals surface area contributed by atoms with Gasteiger partial charge in [-0.2, -0.15) is 0 Å². The molecule has 31 heavy (non-hydrogen) atoms. The fourth-order valence-corrected chi connectivity index (χ4v) is 3.97. The SMILES string of the molecule is CCN(CC)C(CNC(=NC)NCC(C)(C)N1CCOCC1)c1cccc(OC)c1.I. The topological polar surface area (TPSA) is 61.4 Å². The number of hydrogen-bond acceptors (Lipinski definition) is 5. The summed E-state index contributed by atoms with van der Waals surface area (Å²) < 4.78 is 10.9. The molecule has 178 valence electrons. The summed E-state index contributed by atoms with van der Waals surface area (Å²) in [7, 11) is 3.54. The first-order valence-electron chi connectivity index (χ1n) is 11.1. The van der Waals surface area contributed by atoms with Gasteiger partial charge in [0.15, 0.2) is 5.96 Å². The van der Waals surface area contributed by atoms with E-state index in [0.717, 1.165) is 64.2 Å². The van der Waals surface area contributed by atoms with Crippen molar-refractivity contribution in [2.75, 3.05) is 66.6 Å². The average Bonchev–Trinajstić information content (AvgIpc) is 2.79. The first kappa shape index (κ1) is 27.9. The third-order valence-electron chi connectivity index (χ3n) is 5.97. The molecule has 1 aromatic rings. The van der Waals surface area contributed by atoms with Crippen LogP contribution in [0, 0.1) is 0 Å². The smallest absolute Gasteiger partial charge is 0.191 e. The molecule has 1 saturated heterocycles. The van der Waals surface area contributed by atoms with Crippen molar-refractivity contribution in [1.29, 1.82) is 0 Å². The Bertz CT molecular complexity index is 661.